The summed E-state index contributed by atoms with van der Waals surface area (Å²) in [5.41, 5.74) is 0. The zero-order valence-electron chi connectivity index (χ0n) is 21.1. The summed E-state index contributed by atoms with van der Waals surface area (Å²) in [7, 11) is 0. The third kappa shape index (κ3) is 15.1. The van der Waals surface area contributed by atoms with Crippen molar-refractivity contribution in [3.8, 4) is 0 Å². The second-order valence-corrected chi connectivity index (χ2v) is 9.75. The lowest BCUT2D eigenvalue weighted by molar-refractivity contribution is -0.697. The van der Waals surface area contributed by atoms with Gasteiger partial charge in [-0.3, -0.25) is 0 Å². The Hall–Kier alpha value is -0.790. The molecule has 0 saturated carbocycles. The molecule has 0 N–H and O–H groups in total. The lowest BCUT2D eigenvalue weighted by Crippen LogP contribution is -2.31. The van der Waals surface area contributed by atoms with Gasteiger partial charge in [0.25, 0.3) is 0 Å². The number of unbranched alkanes of at least 4 members (excludes halogenated alkanes) is 17. The van der Waals surface area contributed by atoms with Crippen molar-refractivity contribution in [2.75, 3.05) is 0 Å². The SMILES string of the molecule is CCCCCCCCCCCC[n+]1ccn(C(C)CCCCCCCCCCC)c1. The molecule has 2 nitrogen and oxygen atoms in total. The molecule has 1 unspecified atom stereocenters. The predicted octanol–water partition coefficient (Wildman–Crippen LogP) is 9.18. The zero-order chi connectivity index (χ0) is 21.7. The molecular weight excluding hydrogens is 364 g/mol. The van der Waals surface area contributed by atoms with E-state index in [0.29, 0.717) is 6.04 Å². The van der Waals surface area contributed by atoms with Gasteiger partial charge >= 0.3 is 0 Å². The number of aryl methyl sites for hydroxylation is 1. The fourth-order valence-corrected chi connectivity index (χ4v) is 4.49. The molecule has 1 aromatic rings. The maximum absolute atomic E-state index is 2.43. The molecule has 1 aromatic heterocycles. The molecule has 1 rings (SSSR count). The molecule has 0 spiro atoms. The Morgan fingerprint density at radius 2 is 1.03 bits per heavy atom. The van der Waals surface area contributed by atoms with Crippen molar-refractivity contribution in [2.45, 2.75) is 162 Å². The summed E-state index contributed by atoms with van der Waals surface area (Å²) in [5, 5.41) is 0. The van der Waals surface area contributed by atoms with E-state index < -0.39 is 0 Å². The molecule has 0 bridgehead atoms. The van der Waals surface area contributed by atoms with Gasteiger partial charge in [-0.05, 0) is 32.6 Å². The molecule has 0 aliphatic carbocycles. The summed E-state index contributed by atoms with van der Waals surface area (Å²) in [5.74, 6) is 0. The average Bonchev–Trinajstić information content (AvgIpc) is 3.23. The molecule has 0 fully saturated rings. The van der Waals surface area contributed by atoms with Crippen molar-refractivity contribution in [2.24, 2.45) is 0 Å². The first-order valence-electron chi connectivity index (χ1n) is 13.8. The van der Waals surface area contributed by atoms with Gasteiger partial charge in [0.05, 0.1) is 12.6 Å². The lowest BCUT2D eigenvalue weighted by Gasteiger charge is -2.08. The van der Waals surface area contributed by atoms with Crippen LogP contribution >= 0.6 is 0 Å². The Morgan fingerprint density at radius 1 is 0.600 bits per heavy atom. The van der Waals surface area contributed by atoms with Crippen LogP contribution in [-0.4, -0.2) is 4.57 Å². The van der Waals surface area contributed by atoms with Crippen molar-refractivity contribution in [3.63, 3.8) is 0 Å². The van der Waals surface area contributed by atoms with Crippen LogP contribution in [0.4, 0.5) is 0 Å². The van der Waals surface area contributed by atoms with Crippen LogP contribution in [0, 0.1) is 0 Å². The number of hydrogen-bond acceptors (Lipinski definition) is 0. The van der Waals surface area contributed by atoms with Crippen molar-refractivity contribution < 1.29 is 4.57 Å². The summed E-state index contributed by atoms with van der Waals surface area (Å²) in [6, 6.07) is 0.642. The Bertz CT molecular complexity index is 465. The van der Waals surface area contributed by atoms with Crippen LogP contribution in [0.5, 0.6) is 0 Å². The highest BCUT2D eigenvalue weighted by Gasteiger charge is 2.11. The van der Waals surface area contributed by atoms with E-state index in [-0.39, 0.29) is 0 Å². The fraction of sp³-hybridized carbons (Fsp3) is 0.893. The second-order valence-electron chi connectivity index (χ2n) is 9.75. The Balaban J connectivity index is 1.97. The normalized spacial score (nSPS) is 12.5. The maximum Gasteiger partial charge on any atom is 0.243 e. The van der Waals surface area contributed by atoms with E-state index in [2.05, 4.69) is 48.6 Å². The number of nitrogens with zero attached hydrogens (tertiary/aromatic N) is 2. The molecule has 30 heavy (non-hydrogen) atoms. The Kier molecular flexibility index (Phi) is 18.3. The van der Waals surface area contributed by atoms with Gasteiger partial charge < -0.3 is 0 Å². The van der Waals surface area contributed by atoms with Gasteiger partial charge in [0.2, 0.25) is 6.33 Å². The van der Waals surface area contributed by atoms with Crippen LogP contribution < -0.4 is 4.57 Å². The van der Waals surface area contributed by atoms with Gasteiger partial charge in [-0.2, -0.15) is 0 Å². The van der Waals surface area contributed by atoms with E-state index in [1.807, 2.05) is 0 Å². The van der Waals surface area contributed by atoms with Crippen LogP contribution in [0.2, 0.25) is 0 Å². The van der Waals surface area contributed by atoms with Gasteiger partial charge in [-0.25, -0.2) is 9.13 Å². The molecule has 2 heteroatoms. The summed E-state index contributed by atoms with van der Waals surface area (Å²) >= 11 is 0. The van der Waals surface area contributed by atoms with Gasteiger partial charge in [-0.1, -0.05) is 117 Å². The maximum atomic E-state index is 2.43. The fourth-order valence-electron chi connectivity index (χ4n) is 4.49. The molecule has 0 aromatic carbocycles. The molecule has 0 radical (unpaired) electrons. The molecule has 0 amide bonds. The number of hydrogen-bond donors (Lipinski definition) is 0. The molecule has 1 atom stereocenters. The third-order valence-electron chi connectivity index (χ3n) is 6.72. The first-order chi connectivity index (χ1) is 14.8. The average molecular weight is 420 g/mol. The van der Waals surface area contributed by atoms with Crippen molar-refractivity contribution >= 4 is 0 Å². The molecular formula is C28H55N2+. The Morgan fingerprint density at radius 3 is 1.53 bits per heavy atom. The summed E-state index contributed by atoms with van der Waals surface area (Å²) in [6.45, 7) is 8.17. The van der Waals surface area contributed by atoms with Crippen LogP contribution in [0.25, 0.3) is 0 Å². The zero-order valence-corrected chi connectivity index (χ0v) is 21.1. The largest absolute Gasteiger partial charge is 0.243 e. The molecule has 1 heterocycles. The van der Waals surface area contributed by atoms with Crippen LogP contribution in [0.1, 0.15) is 155 Å². The number of aromatic nitrogens is 2. The molecule has 0 aliphatic heterocycles. The van der Waals surface area contributed by atoms with E-state index in [4.69, 9.17) is 0 Å². The van der Waals surface area contributed by atoms with Gasteiger partial charge in [0.1, 0.15) is 12.4 Å². The minimum atomic E-state index is 0.642. The molecule has 176 valence electrons. The number of rotatable bonds is 22. The smallest absolute Gasteiger partial charge is 0.237 e. The minimum Gasteiger partial charge on any atom is -0.237 e. The monoisotopic (exact) mass is 419 g/mol. The standard InChI is InChI=1S/C28H55N2/c1-4-6-8-10-12-14-16-18-20-22-24-29-25-26-30(27-29)28(3)23-21-19-17-15-13-11-9-7-5-2/h25-28H,4-24H2,1-3H3/q+1. The summed E-state index contributed by atoms with van der Waals surface area (Å²) in [4.78, 5) is 0. The minimum absolute atomic E-state index is 0.642. The number of imidazole rings is 1. The van der Waals surface area contributed by atoms with Gasteiger partial charge in [-0.15, -0.1) is 0 Å². The van der Waals surface area contributed by atoms with Crippen molar-refractivity contribution in [1.82, 2.24) is 4.57 Å². The molecule has 0 saturated heterocycles. The van der Waals surface area contributed by atoms with Crippen LogP contribution in [0.3, 0.4) is 0 Å². The first kappa shape index (κ1) is 27.2. The van der Waals surface area contributed by atoms with Crippen molar-refractivity contribution in [1.29, 1.82) is 0 Å². The first-order valence-corrected chi connectivity index (χ1v) is 13.8. The summed E-state index contributed by atoms with van der Waals surface area (Å²) < 4.78 is 4.83. The quantitative estimate of drug-likeness (QED) is 0.131. The van der Waals surface area contributed by atoms with E-state index in [1.165, 1.54) is 135 Å². The van der Waals surface area contributed by atoms with E-state index in [0.717, 1.165) is 0 Å². The van der Waals surface area contributed by atoms with Crippen LogP contribution in [0.15, 0.2) is 18.7 Å². The topological polar surface area (TPSA) is 8.81 Å². The van der Waals surface area contributed by atoms with Crippen LogP contribution in [-0.2, 0) is 6.54 Å². The molecule has 0 aliphatic rings. The van der Waals surface area contributed by atoms with Gasteiger partial charge in [0, 0.05) is 0 Å². The van der Waals surface area contributed by atoms with E-state index in [9.17, 15) is 0 Å². The Labute approximate surface area is 189 Å². The van der Waals surface area contributed by atoms with E-state index >= 15 is 0 Å². The summed E-state index contributed by atoms with van der Waals surface area (Å²) in [6.07, 6.45) is 35.2. The highest BCUT2D eigenvalue weighted by Crippen LogP contribution is 2.16. The van der Waals surface area contributed by atoms with E-state index in [1.54, 1.807) is 0 Å². The second kappa shape index (κ2) is 20.1. The predicted molar refractivity (Wildman–Crippen MR) is 133 cm³/mol. The van der Waals surface area contributed by atoms with Crippen molar-refractivity contribution in [3.05, 3.63) is 18.7 Å². The third-order valence-corrected chi connectivity index (χ3v) is 6.72. The van der Waals surface area contributed by atoms with Gasteiger partial charge in [0.15, 0.2) is 0 Å². The highest BCUT2D eigenvalue weighted by molar-refractivity contribution is 4.72. The highest BCUT2D eigenvalue weighted by atomic mass is 15.1. The lowest BCUT2D eigenvalue weighted by atomic mass is 10.0.